The Morgan fingerprint density at radius 1 is 1.03 bits per heavy atom. The number of rotatable bonds is 5. The summed E-state index contributed by atoms with van der Waals surface area (Å²) in [6.07, 6.45) is -3.55. The molecule has 37 heavy (non-hydrogen) atoms. The number of nitrogens with zero attached hydrogens (tertiary/aromatic N) is 5. The molecule has 4 rings (SSSR count). The molecule has 0 fully saturated rings. The van der Waals surface area contributed by atoms with Crippen LogP contribution in [0.15, 0.2) is 53.8 Å². The zero-order valence-electron chi connectivity index (χ0n) is 18.9. The lowest BCUT2D eigenvalue weighted by molar-refractivity contribution is -0.141. The second-order valence-corrected chi connectivity index (χ2v) is 9.73. The Kier molecular flexibility index (Phi) is 6.56. The van der Waals surface area contributed by atoms with Crippen LogP contribution in [0.5, 0.6) is 0 Å². The van der Waals surface area contributed by atoms with Crippen LogP contribution in [0.3, 0.4) is 0 Å². The summed E-state index contributed by atoms with van der Waals surface area (Å²) in [6, 6.07) is 10.4. The van der Waals surface area contributed by atoms with Crippen molar-refractivity contribution in [2.45, 2.75) is 25.2 Å². The first-order valence-electron chi connectivity index (χ1n) is 10.5. The molecule has 0 spiro atoms. The fourth-order valence-corrected chi connectivity index (χ4v) is 4.65. The molecule has 0 atom stereocenters. The Hall–Kier alpha value is -3.82. The lowest BCUT2D eigenvalue weighted by Gasteiger charge is -2.33. The van der Waals surface area contributed by atoms with Crippen molar-refractivity contribution in [3.63, 3.8) is 0 Å². The number of amides is 1. The van der Waals surface area contributed by atoms with E-state index in [2.05, 4.69) is 15.4 Å². The molecule has 16 heteroatoms. The molecule has 3 heterocycles. The minimum atomic E-state index is -5.56. The van der Waals surface area contributed by atoms with Crippen molar-refractivity contribution in [1.29, 1.82) is 0 Å². The molecule has 9 nitrogen and oxygen atoms in total. The van der Waals surface area contributed by atoms with Crippen molar-refractivity contribution in [2.24, 2.45) is 5.10 Å². The van der Waals surface area contributed by atoms with Gasteiger partial charge in [-0.2, -0.15) is 39.9 Å². The maximum atomic E-state index is 13.4. The molecule has 198 valence electrons. The fourth-order valence-electron chi connectivity index (χ4n) is 3.69. The Balaban J connectivity index is 1.47. The third-order valence-electron chi connectivity index (χ3n) is 5.42. The third kappa shape index (κ3) is 5.05. The van der Waals surface area contributed by atoms with E-state index in [1.54, 1.807) is 12.1 Å². The van der Waals surface area contributed by atoms with E-state index in [0.717, 1.165) is 11.3 Å². The molecule has 1 N–H and O–H groups in total. The van der Waals surface area contributed by atoms with E-state index in [1.165, 1.54) is 41.5 Å². The highest BCUT2D eigenvalue weighted by Gasteiger charge is 2.51. The smallest absolute Gasteiger partial charge is 0.347 e. The van der Waals surface area contributed by atoms with Gasteiger partial charge in [0.25, 0.3) is 5.91 Å². The van der Waals surface area contributed by atoms with Gasteiger partial charge >= 0.3 is 21.7 Å². The molecule has 0 unspecified atom stereocenters. The maximum Gasteiger partial charge on any atom is 0.516 e. The molecular weight excluding hydrogens is 530 g/mol. The van der Waals surface area contributed by atoms with Crippen LogP contribution in [0.2, 0.25) is 0 Å². The van der Waals surface area contributed by atoms with Crippen molar-refractivity contribution in [1.82, 2.24) is 19.0 Å². The summed E-state index contributed by atoms with van der Waals surface area (Å²) in [5.41, 5.74) is -6.52. The van der Waals surface area contributed by atoms with Crippen LogP contribution in [0.1, 0.15) is 28.7 Å². The van der Waals surface area contributed by atoms with Crippen molar-refractivity contribution in [3.05, 3.63) is 65.6 Å². The number of halogens is 6. The van der Waals surface area contributed by atoms with Crippen molar-refractivity contribution >= 4 is 33.1 Å². The monoisotopic (exact) mass is 548 g/mol. The van der Waals surface area contributed by atoms with Crippen LogP contribution in [0.4, 0.5) is 32.0 Å². The van der Waals surface area contributed by atoms with Gasteiger partial charge in [-0.15, -0.1) is 0 Å². The normalized spacial score (nSPS) is 15.2. The van der Waals surface area contributed by atoms with Gasteiger partial charge in [0.05, 0.1) is 18.8 Å². The van der Waals surface area contributed by atoms with E-state index in [4.69, 9.17) is 0 Å². The topological polar surface area (TPSA) is 99.4 Å². The molecule has 0 saturated heterocycles. The summed E-state index contributed by atoms with van der Waals surface area (Å²) in [5.74, 6) is -1.36. The highest BCUT2D eigenvalue weighted by molar-refractivity contribution is 7.90. The van der Waals surface area contributed by atoms with E-state index in [0.29, 0.717) is 11.3 Å². The van der Waals surface area contributed by atoms with Gasteiger partial charge in [0.1, 0.15) is 17.2 Å². The van der Waals surface area contributed by atoms with Crippen molar-refractivity contribution < 1.29 is 39.6 Å². The number of imidazole rings is 1. The largest absolute Gasteiger partial charge is 0.516 e. The number of hydrogen-bond donors (Lipinski definition) is 1. The molecule has 0 saturated carbocycles. The molecule has 2 aromatic heterocycles. The van der Waals surface area contributed by atoms with Crippen molar-refractivity contribution in [3.8, 4) is 0 Å². The average Bonchev–Trinajstić information content (AvgIpc) is 3.22. The number of carbonyl (C=O) groups excluding carboxylic acids is 1. The van der Waals surface area contributed by atoms with E-state index in [-0.39, 0.29) is 28.9 Å². The van der Waals surface area contributed by atoms with Crippen LogP contribution in [-0.4, -0.2) is 52.4 Å². The number of anilines is 1. The lowest BCUT2D eigenvalue weighted by atomic mass is 10.2. The van der Waals surface area contributed by atoms with E-state index >= 15 is 0 Å². The first-order valence-corrected chi connectivity index (χ1v) is 12.0. The van der Waals surface area contributed by atoms with Gasteiger partial charge in [-0.25, -0.2) is 9.29 Å². The first kappa shape index (κ1) is 26.2. The zero-order valence-corrected chi connectivity index (χ0v) is 19.7. The number of aromatic nitrogens is 2. The predicted molar refractivity (Wildman–Crippen MR) is 120 cm³/mol. The van der Waals surface area contributed by atoms with Crippen LogP contribution in [-0.2, 0) is 22.7 Å². The Morgan fingerprint density at radius 3 is 2.30 bits per heavy atom. The number of carbonyl (C=O) groups is 1. The van der Waals surface area contributed by atoms with E-state index in [1.807, 2.05) is 0 Å². The summed E-state index contributed by atoms with van der Waals surface area (Å²) in [7, 11) is -5.56. The van der Waals surface area contributed by atoms with Gasteiger partial charge in [-0.3, -0.25) is 14.2 Å². The average molecular weight is 548 g/mol. The van der Waals surface area contributed by atoms with Gasteiger partial charge in [0, 0.05) is 12.7 Å². The molecule has 1 aliphatic rings. The number of amidine groups is 1. The highest BCUT2D eigenvalue weighted by atomic mass is 32.2. The Labute approximate surface area is 206 Å². The number of pyridine rings is 1. The fraction of sp³-hybridized carbons (Fsp3) is 0.286. The Bertz CT molecular complexity index is 1460. The molecular formula is C21H18F6N6O3S. The summed E-state index contributed by atoms with van der Waals surface area (Å²) in [4.78, 5) is 16.2. The number of alkyl halides is 6. The molecule has 0 bridgehead atoms. The standard InChI is InChI=1S/C21H18F6N6O3S/c1-13-30-32(10-11-33(13)37(35,36)21(25,26)27)15-7-5-14(6-8-15)12-28-19(34)17-18(20(22,23)24)29-16-4-2-3-9-31(16)17/h2-9H,10-12H2,1H3,(H,28,34). The van der Waals surface area contributed by atoms with E-state index < -0.39 is 45.5 Å². The summed E-state index contributed by atoms with van der Waals surface area (Å²) >= 11 is 0. The van der Waals surface area contributed by atoms with Gasteiger partial charge in [-0.05, 0) is 36.8 Å². The number of benzene rings is 1. The molecule has 0 radical (unpaired) electrons. The zero-order chi connectivity index (χ0) is 27.2. The third-order valence-corrected chi connectivity index (χ3v) is 7.04. The second kappa shape index (κ2) is 9.24. The molecule has 3 aromatic rings. The van der Waals surface area contributed by atoms with Gasteiger partial charge in [-0.1, -0.05) is 18.2 Å². The van der Waals surface area contributed by atoms with Crippen LogP contribution in [0, 0.1) is 0 Å². The first-order chi connectivity index (χ1) is 17.2. The quantitative estimate of drug-likeness (QED) is 0.492. The number of hydrazone groups is 1. The number of fused-ring (bicyclic) bond motifs is 1. The summed E-state index contributed by atoms with van der Waals surface area (Å²) in [6.45, 7) is 0.373. The Morgan fingerprint density at radius 2 is 1.70 bits per heavy atom. The maximum absolute atomic E-state index is 13.4. The molecule has 0 aliphatic carbocycles. The van der Waals surface area contributed by atoms with Gasteiger partial charge < -0.3 is 5.32 Å². The summed E-state index contributed by atoms with van der Waals surface area (Å²) in [5, 5.41) is 7.67. The van der Waals surface area contributed by atoms with Crippen LogP contribution in [0.25, 0.3) is 5.65 Å². The van der Waals surface area contributed by atoms with Crippen LogP contribution >= 0.6 is 0 Å². The molecule has 1 aromatic carbocycles. The van der Waals surface area contributed by atoms with Gasteiger partial charge in [0.15, 0.2) is 5.69 Å². The van der Waals surface area contributed by atoms with E-state index in [9.17, 15) is 39.6 Å². The van der Waals surface area contributed by atoms with Crippen molar-refractivity contribution in [2.75, 3.05) is 18.1 Å². The van der Waals surface area contributed by atoms with Crippen LogP contribution < -0.4 is 10.3 Å². The molecule has 1 aliphatic heterocycles. The summed E-state index contributed by atoms with van der Waals surface area (Å²) < 4.78 is 103. The minimum absolute atomic E-state index is 0.0386. The number of sulfonamides is 1. The van der Waals surface area contributed by atoms with Gasteiger partial charge in [0.2, 0.25) is 0 Å². The minimum Gasteiger partial charge on any atom is -0.347 e. The SMILES string of the molecule is CC1=NN(c2ccc(CNC(=O)c3c(C(F)(F)F)nc4ccccn34)cc2)CCN1S(=O)(=O)C(F)(F)F. The number of hydrogen-bond acceptors (Lipinski definition) is 6. The predicted octanol–water partition coefficient (Wildman–Crippen LogP) is 3.59. The second-order valence-electron chi connectivity index (χ2n) is 7.88. The number of nitrogens with one attached hydrogen (secondary N) is 1. The highest BCUT2D eigenvalue weighted by Crippen LogP contribution is 2.32. The molecule has 1 amide bonds. The lowest BCUT2D eigenvalue weighted by Crippen LogP contribution is -2.50.